The van der Waals surface area contributed by atoms with Crippen molar-refractivity contribution in [2.75, 3.05) is 17.8 Å². The minimum atomic E-state index is -0.825. The molecule has 0 aliphatic rings. The number of aliphatic carboxylic acids is 1. The molecular weight excluding hydrogens is 282 g/mol. The molecule has 1 rings (SSSR count). The lowest BCUT2D eigenvalue weighted by Gasteiger charge is -2.14. The molecule has 0 saturated carbocycles. The molecule has 0 aliphatic carbocycles. The fraction of sp³-hybridized carbons (Fsp3) is 0.750. The summed E-state index contributed by atoms with van der Waals surface area (Å²) in [5.41, 5.74) is 0. The van der Waals surface area contributed by atoms with Gasteiger partial charge in [-0.2, -0.15) is 11.8 Å². The number of carboxylic acid groups (broad SMARTS) is 1. The van der Waals surface area contributed by atoms with Crippen molar-refractivity contribution in [3.63, 3.8) is 0 Å². The second-order valence-electron chi connectivity index (χ2n) is 4.50. The predicted octanol–water partition coefficient (Wildman–Crippen LogP) is 2.41. The van der Waals surface area contributed by atoms with E-state index in [4.69, 9.17) is 5.11 Å². The van der Waals surface area contributed by atoms with Gasteiger partial charge in [-0.15, -0.1) is 10.2 Å². The van der Waals surface area contributed by atoms with Gasteiger partial charge in [0, 0.05) is 13.0 Å². The van der Waals surface area contributed by atoms with Gasteiger partial charge in [0.15, 0.2) is 5.16 Å². The summed E-state index contributed by atoms with van der Waals surface area (Å²) in [6.45, 7) is 5.15. The Morgan fingerprint density at radius 2 is 2.21 bits per heavy atom. The highest BCUT2D eigenvalue weighted by molar-refractivity contribution is 7.99. The summed E-state index contributed by atoms with van der Waals surface area (Å²) in [7, 11) is 0. The van der Waals surface area contributed by atoms with Crippen LogP contribution in [0.3, 0.4) is 0 Å². The van der Waals surface area contributed by atoms with Crippen molar-refractivity contribution in [3.05, 3.63) is 5.82 Å². The number of nitrogens with zero attached hydrogens (tertiary/aromatic N) is 3. The number of aryl methyl sites for hydroxylation is 1. The normalized spacial score (nSPS) is 12.6. The fourth-order valence-electron chi connectivity index (χ4n) is 1.79. The van der Waals surface area contributed by atoms with Crippen molar-refractivity contribution in [1.82, 2.24) is 14.8 Å². The highest BCUT2D eigenvalue weighted by Crippen LogP contribution is 2.20. The SMILES string of the molecule is CCCc1nnc(SCC(=O)O)n1CC(C)CSC. The van der Waals surface area contributed by atoms with Crippen LogP contribution in [0.4, 0.5) is 0 Å². The molecule has 108 valence electrons. The predicted molar refractivity (Wildman–Crippen MR) is 79.9 cm³/mol. The summed E-state index contributed by atoms with van der Waals surface area (Å²) < 4.78 is 2.08. The molecule has 0 amide bonds. The van der Waals surface area contributed by atoms with E-state index in [0.29, 0.717) is 5.92 Å². The van der Waals surface area contributed by atoms with Crippen LogP contribution in [0.25, 0.3) is 0 Å². The number of aromatic nitrogens is 3. The highest BCUT2D eigenvalue weighted by Gasteiger charge is 2.15. The fourth-order valence-corrected chi connectivity index (χ4v) is 3.15. The Bertz CT molecular complexity index is 410. The maximum Gasteiger partial charge on any atom is 0.313 e. The zero-order valence-corrected chi connectivity index (χ0v) is 13.3. The summed E-state index contributed by atoms with van der Waals surface area (Å²) in [4.78, 5) is 10.7. The van der Waals surface area contributed by atoms with Gasteiger partial charge in [0.1, 0.15) is 5.82 Å². The molecule has 19 heavy (non-hydrogen) atoms. The Hall–Kier alpha value is -0.690. The van der Waals surface area contributed by atoms with Gasteiger partial charge in [0.05, 0.1) is 5.75 Å². The largest absolute Gasteiger partial charge is 0.481 e. The molecule has 1 aromatic rings. The standard InChI is InChI=1S/C12H21N3O2S2/c1-4-5-10-13-14-12(19-8-11(16)17)15(10)6-9(2)7-18-3/h9H,4-8H2,1-3H3,(H,16,17). The molecule has 0 bridgehead atoms. The van der Waals surface area contributed by atoms with Crippen molar-refractivity contribution in [1.29, 1.82) is 0 Å². The van der Waals surface area contributed by atoms with Crippen LogP contribution in [0.1, 0.15) is 26.1 Å². The molecule has 1 aromatic heterocycles. The number of carboxylic acids is 1. The second-order valence-corrected chi connectivity index (χ2v) is 6.36. The third-order valence-electron chi connectivity index (χ3n) is 2.54. The third kappa shape index (κ3) is 5.44. The third-order valence-corrected chi connectivity index (χ3v) is 4.39. The lowest BCUT2D eigenvalue weighted by Crippen LogP contribution is -2.14. The van der Waals surface area contributed by atoms with Crippen molar-refractivity contribution in [2.24, 2.45) is 5.92 Å². The Kier molecular flexibility index (Phi) is 7.30. The minimum Gasteiger partial charge on any atom is -0.481 e. The van der Waals surface area contributed by atoms with Crippen molar-refractivity contribution in [2.45, 2.75) is 38.4 Å². The minimum absolute atomic E-state index is 0.0289. The number of carbonyl (C=O) groups is 1. The summed E-state index contributed by atoms with van der Waals surface area (Å²) in [5.74, 6) is 1.76. The van der Waals surface area contributed by atoms with Crippen LogP contribution in [0, 0.1) is 5.92 Å². The zero-order valence-electron chi connectivity index (χ0n) is 11.6. The molecule has 1 N–H and O–H groups in total. The lowest BCUT2D eigenvalue weighted by molar-refractivity contribution is -0.133. The van der Waals surface area contributed by atoms with Gasteiger partial charge >= 0.3 is 5.97 Å². The maximum absolute atomic E-state index is 10.7. The smallest absolute Gasteiger partial charge is 0.313 e. The van der Waals surface area contributed by atoms with E-state index in [1.54, 1.807) is 0 Å². The Balaban J connectivity index is 2.81. The van der Waals surface area contributed by atoms with E-state index in [-0.39, 0.29) is 5.75 Å². The van der Waals surface area contributed by atoms with Crippen molar-refractivity contribution in [3.8, 4) is 0 Å². The first-order valence-corrected chi connectivity index (χ1v) is 8.72. The first-order chi connectivity index (χ1) is 9.08. The quantitative estimate of drug-likeness (QED) is 0.707. The second kappa shape index (κ2) is 8.47. The summed E-state index contributed by atoms with van der Waals surface area (Å²) in [6.07, 6.45) is 3.99. The van der Waals surface area contributed by atoms with Crippen LogP contribution in [-0.4, -0.2) is 43.6 Å². The molecule has 1 heterocycles. The van der Waals surface area contributed by atoms with E-state index < -0.39 is 5.97 Å². The molecule has 1 atom stereocenters. The van der Waals surface area contributed by atoms with Gasteiger partial charge in [0.2, 0.25) is 0 Å². The Morgan fingerprint density at radius 1 is 1.47 bits per heavy atom. The van der Waals surface area contributed by atoms with Crippen LogP contribution in [0.5, 0.6) is 0 Å². The molecular formula is C12H21N3O2S2. The molecule has 1 unspecified atom stereocenters. The molecule has 0 aliphatic heterocycles. The van der Waals surface area contributed by atoms with E-state index >= 15 is 0 Å². The number of rotatable bonds is 9. The van der Waals surface area contributed by atoms with E-state index in [1.807, 2.05) is 11.8 Å². The van der Waals surface area contributed by atoms with Crippen LogP contribution in [-0.2, 0) is 17.8 Å². The van der Waals surface area contributed by atoms with Crippen molar-refractivity contribution >= 4 is 29.5 Å². The number of hydrogen-bond donors (Lipinski definition) is 1. The summed E-state index contributed by atoms with van der Waals surface area (Å²) >= 11 is 3.06. The van der Waals surface area contributed by atoms with Gasteiger partial charge in [-0.3, -0.25) is 4.79 Å². The molecule has 7 heteroatoms. The maximum atomic E-state index is 10.7. The summed E-state index contributed by atoms with van der Waals surface area (Å²) in [6, 6.07) is 0. The van der Waals surface area contributed by atoms with Gasteiger partial charge in [-0.05, 0) is 24.3 Å². The molecule has 0 spiro atoms. The molecule has 5 nitrogen and oxygen atoms in total. The Labute approximate surface area is 122 Å². The Morgan fingerprint density at radius 3 is 2.79 bits per heavy atom. The van der Waals surface area contributed by atoms with Gasteiger partial charge in [-0.1, -0.05) is 25.6 Å². The molecule has 0 saturated heterocycles. The van der Waals surface area contributed by atoms with Crippen molar-refractivity contribution < 1.29 is 9.90 Å². The zero-order chi connectivity index (χ0) is 14.3. The van der Waals surface area contributed by atoms with Crippen LogP contribution in [0.2, 0.25) is 0 Å². The molecule has 0 radical (unpaired) electrons. The van der Waals surface area contributed by atoms with Gasteiger partial charge < -0.3 is 9.67 Å². The highest BCUT2D eigenvalue weighted by atomic mass is 32.2. The summed E-state index contributed by atoms with van der Waals surface area (Å²) in [5, 5.41) is 17.8. The van der Waals surface area contributed by atoms with Crippen LogP contribution < -0.4 is 0 Å². The first-order valence-electron chi connectivity index (χ1n) is 6.34. The average molecular weight is 303 g/mol. The number of hydrogen-bond acceptors (Lipinski definition) is 5. The topological polar surface area (TPSA) is 68.0 Å². The van der Waals surface area contributed by atoms with Gasteiger partial charge in [0.25, 0.3) is 0 Å². The van der Waals surface area contributed by atoms with Crippen LogP contribution in [0.15, 0.2) is 5.16 Å². The van der Waals surface area contributed by atoms with E-state index in [2.05, 4.69) is 34.9 Å². The first kappa shape index (κ1) is 16.4. The van der Waals surface area contributed by atoms with Gasteiger partial charge in [-0.25, -0.2) is 0 Å². The molecule has 0 fully saturated rings. The average Bonchev–Trinajstić information content (AvgIpc) is 2.70. The molecule has 0 aromatic carbocycles. The van der Waals surface area contributed by atoms with E-state index in [9.17, 15) is 4.79 Å². The van der Waals surface area contributed by atoms with E-state index in [1.165, 1.54) is 11.8 Å². The number of thioether (sulfide) groups is 2. The monoisotopic (exact) mass is 303 g/mol. The van der Waals surface area contributed by atoms with Crippen LogP contribution >= 0.6 is 23.5 Å². The van der Waals surface area contributed by atoms with E-state index in [0.717, 1.165) is 36.1 Å². The lowest BCUT2D eigenvalue weighted by atomic mass is 10.2.